The van der Waals surface area contributed by atoms with E-state index in [9.17, 15) is 0 Å². The van der Waals surface area contributed by atoms with Crippen molar-refractivity contribution in [3.63, 3.8) is 0 Å². The minimum atomic E-state index is 0.448. The van der Waals surface area contributed by atoms with Crippen molar-refractivity contribution in [2.75, 3.05) is 5.73 Å². The van der Waals surface area contributed by atoms with Gasteiger partial charge in [-0.05, 0) is 24.8 Å². The van der Waals surface area contributed by atoms with Gasteiger partial charge >= 0.3 is 0 Å². The van der Waals surface area contributed by atoms with E-state index in [2.05, 4.69) is 36.3 Å². The van der Waals surface area contributed by atoms with E-state index in [1.807, 2.05) is 0 Å². The van der Waals surface area contributed by atoms with E-state index in [1.165, 1.54) is 44.1 Å². The lowest BCUT2D eigenvalue weighted by molar-refractivity contribution is 0.403. The lowest BCUT2D eigenvalue weighted by atomic mass is 9.92. The lowest BCUT2D eigenvalue weighted by Crippen LogP contribution is -2.04. The predicted octanol–water partition coefficient (Wildman–Crippen LogP) is 4.75. The van der Waals surface area contributed by atoms with Gasteiger partial charge in [-0.1, -0.05) is 73.5 Å². The Balaban J connectivity index is 1.86. The molecule has 1 aromatic carbocycles. The zero-order valence-corrected chi connectivity index (χ0v) is 12.8. The molecule has 0 radical (unpaired) electrons. The van der Waals surface area contributed by atoms with E-state index in [1.54, 1.807) is 0 Å². The van der Waals surface area contributed by atoms with Gasteiger partial charge in [-0.2, -0.15) is 0 Å². The lowest BCUT2D eigenvalue weighted by Gasteiger charge is -2.13. The first-order valence-corrected chi connectivity index (χ1v) is 8.05. The van der Waals surface area contributed by atoms with Gasteiger partial charge in [0.15, 0.2) is 0 Å². The van der Waals surface area contributed by atoms with Crippen LogP contribution in [0.25, 0.3) is 11.1 Å². The van der Waals surface area contributed by atoms with E-state index in [4.69, 9.17) is 10.3 Å². The van der Waals surface area contributed by atoms with Crippen LogP contribution in [0.5, 0.6) is 0 Å². The number of nitrogens with two attached hydrogens (primary N) is 1. The van der Waals surface area contributed by atoms with Gasteiger partial charge in [0.2, 0.25) is 5.88 Å². The number of aryl methyl sites for hydroxylation is 1. The molecule has 0 bridgehead atoms. The summed E-state index contributed by atoms with van der Waals surface area (Å²) in [7, 11) is 0. The van der Waals surface area contributed by atoms with Crippen molar-refractivity contribution in [3.05, 3.63) is 35.5 Å². The Hall–Kier alpha value is -1.77. The standard InChI is InChI=1S/C18H24N2O/c1-13-7-6-10-15(11-13)17-16(20-21-18(17)19)12-14-8-4-2-3-5-9-14/h6-7,10-11,14H,2-5,8-9,12,19H2,1H3. The van der Waals surface area contributed by atoms with Gasteiger partial charge in [0.25, 0.3) is 0 Å². The van der Waals surface area contributed by atoms with Crippen LogP contribution in [0.4, 0.5) is 5.88 Å². The molecule has 112 valence electrons. The SMILES string of the molecule is Cc1cccc(-c2c(CC3CCCCCC3)noc2N)c1. The molecule has 1 aromatic heterocycles. The van der Waals surface area contributed by atoms with E-state index in [0.29, 0.717) is 5.88 Å². The summed E-state index contributed by atoms with van der Waals surface area (Å²) in [6, 6.07) is 8.40. The smallest absolute Gasteiger partial charge is 0.230 e. The summed E-state index contributed by atoms with van der Waals surface area (Å²) in [5.74, 6) is 1.17. The van der Waals surface area contributed by atoms with Crippen molar-refractivity contribution in [3.8, 4) is 11.1 Å². The van der Waals surface area contributed by atoms with E-state index in [0.717, 1.165) is 29.2 Å². The monoisotopic (exact) mass is 284 g/mol. The van der Waals surface area contributed by atoms with Crippen LogP contribution >= 0.6 is 0 Å². The minimum absolute atomic E-state index is 0.448. The second-order valence-corrected chi connectivity index (χ2v) is 6.30. The highest BCUT2D eigenvalue weighted by atomic mass is 16.5. The highest BCUT2D eigenvalue weighted by Gasteiger charge is 2.20. The third-order valence-corrected chi connectivity index (χ3v) is 4.55. The van der Waals surface area contributed by atoms with Gasteiger partial charge in [-0.3, -0.25) is 0 Å². The van der Waals surface area contributed by atoms with Gasteiger partial charge in [0.05, 0.1) is 11.3 Å². The molecule has 1 saturated carbocycles. The zero-order chi connectivity index (χ0) is 14.7. The fourth-order valence-electron chi connectivity index (χ4n) is 3.43. The van der Waals surface area contributed by atoms with Crippen molar-refractivity contribution in [1.29, 1.82) is 0 Å². The van der Waals surface area contributed by atoms with Crippen molar-refractivity contribution in [2.24, 2.45) is 5.92 Å². The molecule has 21 heavy (non-hydrogen) atoms. The van der Waals surface area contributed by atoms with Crippen molar-refractivity contribution < 1.29 is 4.52 Å². The summed E-state index contributed by atoms with van der Waals surface area (Å²) in [6.07, 6.45) is 9.05. The van der Waals surface area contributed by atoms with Crippen LogP contribution in [0.1, 0.15) is 49.8 Å². The molecule has 0 amide bonds. The second kappa shape index (κ2) is 6.33. The molecule has 0 aliphatic heterocycles. The molecule has 2 aromatic rings. The maximum atomic E-state index is 6.03. The van der Waals surface area contributed by atoms with Crippen LogP contribution in [0.2, 0.25) is 0 Å². The maximum absolute atomic E-state index is 6.03. The molecule has 3 nitrogen and oxygen atoms in total. The molecule has 0 unspecified atom stereocenters. The normalized spacial score (nSPS) is 16.8. The fraction of sp³-hybridized carbons (Fsp3) is 0.500. The second-order valence-electron chi connectivity index (χ2n) is 6.30. The van der Waals surface area contributed by atoms with E-state index >= 15 is 0 Å². The average Bonchev–Trinajstić information content (AvgIpc) is 2.67. The molecular formula is C18H24N2O. The quantitative estimate of drug-likeness (QED) is 0.828. The number of nitrogen functional groups attached to an aromatic ring is 1. The number of hydrogen-bond donors (Lipinski definition) is 1. The first-order chi connectivity index (χ1) is 10.2. The highest BCUT2D eigenvalue weighted by molar-refractivity contribution is 5.75. The van der Waals surface area contributed by atoms with Gasteiger partial charge in [-0.25, -0.2) is 0 Å². The first-order valence-electron chi connectivity index (χ1n) is 8.05. The number of anilines is 1. The highest BCUT2D eigenvalue weighted by Crippen LogP contribution is 2.34. The van der Waals surface area contributed by atoms with Crippen molar-refractivity contribution in [2.45, 2.75) is 51.9 Å². The Morgan fingerprint density at radius 1 is 1.19 bits per heavy atom. The van der Waals surface area contributed by atoms with Gasteiger partial charge in [0, 0.05) is 0 Å². The molecule has 0 spiro atoms. The third kappa shape index (κ3) is 3.29. The Morgan fingerprint density at radius 2 is 1.95 bits per heavy atom. The molecule has 0 atom stereocenters. The molecule has 1 fully saturated rings. The zero-order valence-electron chi connectivity index (χ0n) is 12.8. The van der Waals surface area contributed by atoms with Gasteiger partial charge < -0.3 is 10.3 Å². The summed E-state index contributed by atoms with van der Waals surface area (Å²) in [4.78, 5) is 0. The summed E-state index contributed by atoms with van der Waals surface area (Å²) in [5.41, 5.74) is 10.4. The average molecular weight is 284 g/mol. The first kappa shape index (κ1) is 14.2. The Labute approximate surface area is 126 Å². The summed E-state index contributed by atoms with van der Waals surface area (Å²) in [6.45, 7) is 2.10. The van der Waals surface area contributed by atoms with Gasteiger partial charge in [-0.15, -0.1) is 0 Å². The largest absolute Gasteiger partial charge is 0.367 e. The van der Waals surface area contributed by atoms with Crippen LogP contribution in [0.3, 0.4) is 0 Å². The van der Waals surface area contributed by atoms with E-state index in [-0.39, 0.29) is 0 Å². The van der Waals surface area contributed by atoms with E-state index < -0.39 is 0 Å². The molecule has 3 heteroatoms. The summed E-state index contributed by atoms with van der Waals surface area (Å²) >= 11 is 0. The number of hydrogen-bond acceptors (Lipinski definition) is 3. The molecule has 1 aliphatic carbocycles. The molecule has 0 saturated heterocycles. The summed E-state index contributed by atoms with van der Waals surface area (Å²) < 4.78 is 5.29. The Kier molecular flexibility index (Phi) is 4.28. The minimum Gasteiger partial charge on any atom is -0.367 e. The topological polar surface area (TPSA) is 52.0 Å². The van der Waals surface area contributed by atoms with Crippen molar-refractivity contribution >= 4 is 5.88 Å². The fourth-order valence-corrected chi connectivity index (χ4v) is 3.43. The van der Waals surface area contributed by atoms with Crippen LogP contribution in [0.15, 0.2) is 28.8 Å². The maximum Gasteiger partial charge on any atom is 0.230 e. The number of benzene rings is 1. The van der Waals surface area contributed by atoms with Crippen LogP contribution in [0, 0.1) is 12.8 Å². The van der Waals surface area contributed by atoms with Gasteiger partial charge in [0.1, 0.15) is 0 Å². The molecule has 1 aliphatic rings. The Morgan fingerprint density at radius 3 is 2.67 bits per heavy atom. The Bertz CT molecular complexity index is 595. The predicted molar refractivity (Wildman–Crippen MR) is 86.0 cm³/mol. The number of nitrogens with zero attached hydrogens (tertiary/aromatic N) is 1. The van der Waals surface area contributed by atoms with Crippen LogP contribution < -0.4 is 5.73 Å². The molecule has 1 heterocycles. The van der Waals surface area contributed by atoms with Crippen LogP contribution in [-0.2, 0) is 6.42 Å². The molecule has 2 N–H and O–H groups in total. The number of aromatic nitrogens is 1. The van der Waals surface area contributed by atoms with Crippen LogP contribution in [-0.4, -0.2) is 5.16 Å². The summed E-state index contributed by atoms with van der Waals surface area (Å²) in [5, 5.41) is 4.25. The third-order valence-electron chi connectivity index (χ3n) is 4.55. The van der Waals surface area contributed by atoms with Crippen molar-refractivity contribution in [1.82, 2.24) is 5.16 Å². The molecular weight excluding hydrogens is 260 g/mol. The number of rotatable bonds is 3. The molecule has 3 rings (SSSR count).